The molecule has 3 nitrogen and oxygen atoms in total. The molecule has 0 bridgehead atoms. The second-order valence-electron chi connectivity index (χ2n) is 5.71. The van der Waals surface area contributed by atoms with Crippen molar-refractivity contribution in [3.05, 3.63) is 70.0 Å². The average molecular weight is 340 g/mol. The minimum atomic E-state index is -0.292. The normalized spacial score (nSPS) is 10.7. The molecule has 0 saturated carbocycles. The van der Waals surface area contributed by atoms with Gasteiger partial charge in [-0.2, -0.15) is 0 Å². The summed E-state index contributed by atoms with van der Waals surface area (Å²) in [7, 11) is 0. The van der Waals surface area contributed by atoms with E-state index in [9.17, 15) is 9.18 Å². The molecule has 0 aliphatic carbocycles. The molecule has 0 unspecified atom stereocenters. The second kappa shape index (κ2) is 6.53. The number of anilines is 1. The zero-order valence-electron chi connectivity index (χ0n) is 13.7. The first-order chi connectivity index (χ1) is 11.4. The van der Waals surface area contributed by atoms with Gasteiger partial charge in [-0.1, -0.05) is 17.7 Å². The molecule has 0 spiro atoms. The molecule has 1 heterocycles. The molecule has 2 aromatic carbocycles. The maximum Gasteiger partial charge on any atom is 0.267 e. The maximum atomic E-state index is 13.0. The van der Waals surface area contributed by atoms with E-state index in [1.54, 1.807) is 19.1 Å². The summed E-state index contributed by atoms with van der Waals surface area (Å²) < 4.78 is 13.0. The first-order valence-corrected chi connectivity index (χ1v) is 8.37. The van der Waals surface area contributed by atoms with Gasteiger partial charge in [-0.05, 0) is 56.7 Å². The van der Waals surface area contributed by atoms with Gasteiger partial charge in [0.15, 0.2) is 0 Å². The summed E-state index contributed by atoms with van der Waals surface area (Å²) in [5.41, 5.74) is 4.43. The summed E-state index contributed by atoms with van der Waals surface area (Å²) in [6, 6.07) is 12.0. The highest BCUT2D eigenvalue weighted by atomic mass is 32.1. The van der Waals surface area contributed by atoms with Gasteiger partial charge < -0.3 is 5.32 Å². The minimum Gasteiger partial charge on any atom is -0.321 e. The molecule has 24 heavy (non-hydrogen) atoms. The van der Waals surface area contributed by atoms with Gasteiger partial charge in [-0.25, -0.2) is 9.37 Å². The monoisotopic (exact) mass is 340 g/mol. The average Bonchev–Trinajstić information content (AvgIpc) is 2.93. The first-order valence-electron chi connectivity index (χ1n) is 7.56. The van der Waals surface area contributed by atoms with Crippen LogP contribution in [0.1, 0.15) is 26.5 Å². The number of rotatable bonds is 3. The van der Waals surface area contributed by atoms with Crippen molar-refractivity contribution in [2.45, 2.75) is 20.8 Å². The number of halogens is 1. The molecule has 0 aliphatic heterocycles. The number of amides is 1. The number of nitrogens with one attached hydrogen (secondary N) is 1. The van der Waals surface area contributed by atoms with Crippen LogP contribution in [0.15, 0.2) is 42.5 Å². The molecule has 0 fully saturated rings. The van der Waals surface area contributed by atoms with Crippen LogP contribution >= 0.6 is 11.3 Å². The van der Waals surface area contributed by atoms with Crippen LogP contribution in [0.4, 0.5) is 10.1 Å². The third kappa shape index (κ3) is 3.36. The van der Waals surface area contributed by atoms with Crippen LogP contribution in [0.25, 0.3) is 10.6 Å². The molecule has 1 N–H and O–H groups in total. The Kier molecular flexibility index (Phi) is 4.44. The van der Waals surface area contributed by atoms with E-state index >= 15 is 0 Å². The molecular weight excluding hydrogens is 323 g/mol. The van der Waals surface area contributed by atoms with E-state index in [0.717, 1.165) is 22.4 Å². The van der Waals surface area contributed by atoms with Crippen LogP contribution in [0.2, 0.25) is 0 Å². The van der Waals surface area contributed by atoms with E-state index in [-0.39, 0.29) is 11.7 Å². The number of carbonyl (C=O) groups excluding carboxylic acids is 1. The molecule has 3 aromatic rings. The summed E-state index contributed by atoms with van der Waals surface area (Å²) in [4.78, 5) is 17.6. The van der Waals surface area contributed by atoms with Crippen molar-refractivity contribution in [2.24, 2.45) is 0 Å². The predicted molar refractivity (Wildman–Crippen MR) is 96.1 cm³/mol. The van der Waals surface area contributed by atoms with Crippen LogP contribution < -0.4 is 5.32 Å². The van der Waals surface area contributed by atoms with E-state index in [1.165, 1.54) is 23.5 Å². The Morgan fingerprint density at radius 2 is 1.79 bits per heavy atom. The predicted octanol–water partition coefficient (Wildman–Crippen LogP) is 5.13. The number of thiazole rings is 1. The number of hydrogen-bond acceptors (Lipinski definition) is 3. The van der Waals surface area contributed by atoms with Crippen LogP contribution in [0, 0.1) is 26.6 Å². The Hall–Kier alpha value is -2.53. The van der Waals surface area contributed by atoms with E-state index in [1.807, 2.05) is 32.0 Å². The second-order valence-corrected chi connectivity index (χ2v) is 6.71. The Balaban J connectivity index is 1.86. The molecule has 0 radical (unpaired) electrons. The molecular formula is C19H17FN2OS. The number of benzene rings is 2. The lowest BCUT2D eigenvalue weighted by molar-refractivity contribution is 0.102. The fourth-order valence-electron chi connectivity index (χ4n) is 2.46. The van der Waals surface area contributed by atoms with Gasteiger partial charge in [0.25, 0.3) is 5.91 Å². The van der Waals surface area contributed by atoms with E-state index in [2.05, 4.69) is 10.3 Å². The summed E-state index contributed by atoms with van der Waals surface area (Å²) in [6.45, 7) is 5.79. The molecule has 1 amide bonds. The van der Waals surface area contributed by atoms with E-state index in [4.69, 9.17) is 0 Å². The Morgan fingerprint density at radius 3 is 2.46 bits per heavy atom. The smallest absolute Gasteiger partial charge is 0.267 e. The highest BCUT2D eigenvalue weighted by Crippen LogP contribution is 2.29. The lowest BCUT2D eigenvalue weighted by Crippen LogP contribution is -2.12. The quantitative estimate of drug-likeness (QED) is 0.718. The van der Waals surface area contributed by atoms with Gasteiger partial charge in [0.1, 0.15) is 15.7 Å². The summed E-state index contributed by atoms with van der Waals surface area (Å²) >= 11 is 1.31. The lowest BCUT2D eigenvalue weighted by Gasteiger charge is -2.08. The Morgan fingerprint density at radius 1 is 1.08 bits per heavy atom. The number of hydrogen-bond donors (Lipinski definition) is 1. The fourth-order valence-corrected chi connectivity index (χ4v) is 3.42. The van der Waals surface area contributed by atoms with Crippen molar-refractivity contribution in [1.29, 1.82) is 0 Å². The van der Waals surface area contributed by atoms with Gasteiger partial charge in [0.05, 0.1) is 5.69 Å². The molecule has 122 valence electrons. The SMILES string of the molecule is Cc1ccc(NC(=O)c2sc(-c3ccc(F)cc3)nc2C)c(C)c1. The highest BCUT2D eigenvalue weighted by Gasteiger charge is 2.17. The zero-order valence-corrected chi connectivity index (χ0v) is 14.5. The first kappa shape index (κ1) is 16.3. The van der Waals surface area contributed by atoms with Crippen LogP contribution in [0.3, 0.4) is 0 Å². The molecule has 1 aromatic heterocycles. The van der Waals surface area contributed by atoms with Crippen molar-refractivity contribution in [3.8, 4) is 10.6 Å². The molecule has 0 aliphatic rings. The van der Waals surface area contributed by atoms with Gasteiger partial charge in [-0.15, -0.1) is 11.3 Å². The van der Waals surface area contributed by atoms with Crippen LogP contribution in [0.5, 0.6) is 0 Å². The summed E-state index contributed by atoms with van der Waals surface area (Å²) in [6.07, 6.45) is 0. The largest absolute Gasteiger partial charge is 0.321 e. The molecule has 3 rings (SSSR count). The maximum absolute atomic E-state index is 13.0. The Bertz CT molecular complexity index is 900. The third-order valence-corrected chi connectivity index (χ3v) is 4.93. The van der Waals surface area contributed by atoms with Crippen LogP contribution in [-0.2, 0) is 0 Å². The molecule has 5 heteroatoms. The van der Waals surface area contributed by atoms with Crippen molar-refractivity contribution in [2.75, 3.05) is 5.32 Å². The van der Waals surface area contributed by atoms with E-state index < -0.39 is 0 Å². The number of aromatic nitrogens is 1. The van der Waals surface area contributed by atoms with Gasteiger partial charge in [-0.3, -0.25) is 4.79 Å². The van der Waals surface area contributed by atoms with Crippen molar-refractivity contribution < 1.29 is 9.18 Å². The highest BCUT2D eigenvalue weighted by molar-refractivity contribution is 7.17. The number of nitrogens with zero attached hydrogens (tertiary/aromatic N) is 1. The summed E-state index contributed by atoms with van der Waals surface area (Å²) in [5.74, 6) is -0.467. The topological polar surface area (TPSA) is 42.0 Å². The van der Waals surface area contributed by atoms with Crippen molar-refractivity contribution in [1.82, 2.24) is 4.98 Å². The minimum absolute atomic E-state index is 0.176. The zero-order chi connectivity index (χ0) is 17.3. The standard InChI is InChI=1S/C19H17FN2OS/c1-11-4-9-16(12(2)10-11)22-18(23)17-13(3)21-19(24-17)14-5-7-15(20)8-6-14/h4-10H,1-3H3,(H,22,23). The Labute approximate surface area is 144 Å². The van der Waals surface area contributed by atoms with Gasteiger partial charge in [0.2, 0.25) is 0 Å². The fraction of sp³-hybridized carbons (Fsp3) is 0.158. The third-order valence-electron chi connectivity index (χ3n) is 3.72. The molecule has 0 atom stereocenters. The van der Waals surface area contributed by atoms with E-state index in [0.29, 0.717) is 15.6 Å². The van der Waals surface area contributed by atoms with Crippen molar-refractivity contribution >= 4 is 22.9 Å². The number of aryl methyl sites for hydroxylation is 3. The molecule has 0 saturated heterocycles. The summed E-state index contributed by atoms with van der Waals surface area (Å²) in [5, 5.41) is 3.65. The van der Waals surface area contributed by atoms with Gasteiger partial charge in [0, 0.05) is 11.3 Å². The lowest BCUT2D eigenvalue weighted by atomic mass is 10.1. The van der Waals surface area contributed by atoms with Crippen molar-refractivity contribution in [3.63, 3.8) is 0 Å². The van der Waals surface area contributed by atoms with Gasteiger partial charge >= 0.3 is 0 Å². The number of carbonyl (C=O) groups is 1. The van der Waals surface area contributed by atoms with Crippen LogP contribution in [-0.4, -0.2) is 10.9 Å².